The molecule has 0 atom stereocenters. The molecule has 0 aliphatic carbocycles. The fraction of sp³-hybridized carbons (Fsp3) is 0.400. The topological polar surface area (TPSA) is 84.7 Å². The lowest BCUT2D eigenvalue weighted by molar-refractivity contribution is -0.134. The van der Waals surface area contributed by atoms with Crippen molar-refractivity contribution in [3.63, 3.8) is 0 Å². The molecule has 29 heavy (non-hydrogen) atoms. The van der Waals surface area contributed by atoms with Gasteiger partial charge in [0.15, 0.2) is 12.3 Å². The molecule has 0 bridgehead atoms. The summed E-state index contributed by atoms with van der Waals surface area (Å²) in [5.41, 5.74) is 0.601. The molecule has 2 aromatic rings. The molecule has 2 heterocycles. The maximum absolute atomic E-state index is 13.0. The molecule has 1 aliphatic heterocycles. The van der Waals surface area contributed by atoms with E-state index in [9.17, 15) is 18.8 Å². The van der Waals surface area contributed by atoms with Gasteiger partial charge >= 0.3 is 5.97 Å². The average molecular weight is 402 g/mol. The van der Waals surface area contributed by atoms with E-state index in [2.05, 4.69) is 10.00 Å². The van der Waals surface area contributed by atoms with Gasteiger partial charge in [0.1, 0.15) is 5.82 Å². The summed E-state index contributed by atoms with van der Waals surface area (Å²) in [5.74, 6) is -1.32. The molecule has 3 rings (SSSR count). The zero-order valence-corrected chi connectivity index (χ0v) is 16.2. The van der Waals surface area contributed by atoms with Gasteiger partial charge in [0.05, 0.1) is 0 Å². The molecule has 1 amide bonds. The largest absolute Gasteiger partial charge is 0.451 e. The predicted octanol–water partition coefficient (Wildman–Crippen LogP) is 1.30. The minimum Gasteiger partial charge on any atom is -0.451 e. The third-order valence-electron chi connectivity index (χ3n) is 4.66. The molecule has 1 aromatic carbocycles. The second-order valence-electron chi connectivity index (χ2n) is 6.70. The van der Waals surface area contributed by atoms with E-state index < -0.39 is 5.97 Å². The summed E-state index contributed by atoms with van der Waals surface area (Å²) < 4.78 is 19.3. The number of nitrogens with zero attached hydrogens (tertiary/aromatic N) is 4. The number of ether oxygens (including phenoxy) is 1. The Hall–Kier alpha value is -3.23. The summed E-state index contributed by atoms with van der Waals surface area (Å²) in [6.45, 7) is 4.08. The van der Waals surface area contributed by atoms with Crippen LogP contribution in [0.5, 0.6) is 0 Å². The third-order valence-corrected chi connectivity index (χ3v) is 4.66. The number of amides is 1. The molecular formula is C20H23FN4O4. The lowest BCUT2D eigenvalue weighted by atomic mass is 10.2. The van der Waals surface area contributed by atoms with Crippen LogP contribution in [0.1, 0.15) is 23.8 Å². The fourth-order valence-corrected chi connectivity index (χ4v) is 3.09. The smallest absolute Gasteiger partial charge is 0.359 e. The van der Waals surface area contributed by atoms with Crippen LogP contribution < -0.4 is 10.5 Å². The highest BCUT2D eigenvalue weighted by atomic mass is 19.1. The molecular weight excluding hydrogens is 379 g/mol. The number of rotatable bonds is 6. The molecule has 9 heteroatoms. The number of benzene rings is 1. The lowest BCUT2D eigenvalue weighted by Crippen LogP contribution is -2.50. The second kappa shape index (κ2) is 9.31. The van der Waals surface area contributed by atoms with E-state index in [1.54, 1.807) is 17.0 Å². The first-order valence-electron chi connectivity index (χ1n) is 9.51. The van der Waals surface area contributed by atoms with Crippen molar-refractivity contribution in [1.82, 2.24) is 14.7 Å². The highest BCUT2D eigenvalue weighted by molar-refractivity contribution is 5.89. The van der Waals surface area contributed by atoms with Crippen molar-refractivity contribution < 1.29 is 18.7 Å². The number of aromatic nitrogens is 2. The molecule has 154 valence electrons. The highest BCUT2D eigenvalue weighted by Crippen LogP contribution is 2.17. The zero-order valence-electron chi connectivity index (χ0n) is 16.2. The van der Waals surface area contributed by atoms with Gasteiger partial charge in [-0.1, -0.05) is 6.92 Å². The standard InChI is InChI=1S/C20H23FN4O4/c1-2-9-25-18(26)8-7-17(22-25)20(28)29-14-19(27)24-12-10-23(11-13-24)16-5-3-15(21)4-6-16/h3-8H,2,9-14H2,1H3. The van der Waals surface area contributed by atoms with Crippen LogP contribution in [0.4, 0.5) is 10.1 Å². The van der Waals surface area contributed by atoms with Crippen molar-refractivity contribution in [1.29, 1.82) is 0 Å². The monoisotopic (exact) mass is 402 g/mol. The maximum atomic E-state index is 13.0. The van der Waals surface area contributed by atoms with Gasteiger partial charge < -0.3 is 14.5 Å². The van der Waals surface area contributed by atoms with Crippen molar-refractivity contribution >= 4 is 17.6 Å². The van der Waals surface area contributed by atoms with Crippen LogP contribution >= 0.6 is 0 Å². The average Bonchev–Trinajstić information content (AvgIpc) is 2.74. The molecule has 8 nitrogen and oxygen atoms in total. The highest BCUT2D eigenvalue weighted by Gasteiger charge is 2.23. The number of hydrogen-bond acceptors (Lipinski definition) is 6. The fourth-order valence-electron chi connectivity index (χ4n) is 3.09. The number of halogens is 1. The third kappa shape index (κ3) is 5.18. The van der Waals surface area contributed by atoms with Gasteiger partial charge in [0.25, 0.3) is 11.5 Å². The SMILES string of the molecule is CCCn1nc(C(=O)OCC(=O)N2CCN(c3ccc(F)cc3)CC2)ccc1=O. The molecule has 0 saturated carbocycles. The Balaban J connectivity index is 1.50. The number of aryl methyl sites for hydroxylation is 1. The summed E-state index contributed by atoms with van der Waals surface area (Å²) in [5, 5.41) is 3.97. The number of carbonyl (C=O) groups is 2. The molecule has 0 radical (unpaired) electrons. The molecule has 1 aliphatic rings. The number of esters is 1. The zero-order chi connectivity index (χ0) is 20.8. The van der Waals surface area contributed by atoms with Crippen LogP contribution in [-0.4, -0.2) is 59.3 Å². The van der Waals surface area contributed by atoms with Crippen molar-refractivity contribution in [2.24, 2.45) is 0 Å². The Morgan fingerprint density at radius 3 is 2.41 bits per heavy atom. The quantitative estimate of drug-likeness (QED) is 0.677. The lowest BCUT2D eigenvalue weighted by Gasteiger charge is -2.36. The molecule has 1 saturated heterocycles. The van der Waals surface area contributed by atoms with E-state index in [-0.39, 0.29) is 29.6 Å². The van der Waals surface area contributed by atoms with Crippen LogP contribution in [0.3, 0.4) is 0 Å². The first-order valence-corrected chi connectivity index (χ1v) is 9.51. The van der Waals surface area contributed by atoms with Gasteiger partial charge in [-0.25, -0.2) is 13.9 Å². The Kier molecular flexibility index (Phi) is 6.58. The second-order valence-corrected chi connectivity index (χ2v) is 6.70. The van der Waals surface area contributed by atoms with Crippen molar-refractivity contribution in [2.45, 2.75) is 19.9 Å². The van der Waals surface area contributed by atoms with Crippen molar-refractivity contribution in [3.8, 4) is 0 Å². The molecule has 0 unspecified atom stereocenters. The molecule has 1 fully saturated rings. The summed E-state index contributed by atoms with van der Waals surface area (Å²) >= 11 is 0. The van der Waals surface area contributed by atoms with E-state index in [1.807, 2.05) is 6.92 Å². The van der Waals surface area contributed by atoms with Crippen LogP contribution in [0.2, 0.25) is 0 Å². The predicted molar refractivity (Wildman–Crippen MR) is 104 cm³/mol. The Morgan fingerprint density at radius 1 is 1.07 bits per heavy atom. The van der Waals surface area contributed by atoms with E-state index in [1.165, 1.54) is 28.9 Å². The van der Waals surface area contributed by atoms with Crippen LogP contribution in [0, 0.1) is 5.82 Å². The Morgan fingerprint density at radius 2 is 1.76 bits per heavy atom. The van der Waals surface area contributed by atoms with Gasteiger partial charge in [-0.2, -0.15) is 5.10 Å². The summed E-state index contributed by atoms with van der Waals surface area (Å²) in [4.78, 5) is 39.9. The van der Waals surface area contributed by atoms with E-state index in [4.69, 9.17) is 4.74 Å². The van der Waals surface area contributed by atoms with E-state index in [0.29, 0.717) is 39.1 Å². The normalized spacial score (nSPS) is 14.0. The van der Waals surface area contributed by atoms with Crippen molar-refractivity contribution in [3.05, 3.63) is 58.3 Å². The molecule has 1 aromatic heterocycles. The minimum absolute atomic E-state index is 0.00743. The van der Waals surface area contributed by atoms with E-state index >= 15 is 0 Å². The van der Waals surface area contributed by atoms with Crippen molar-refractivity contribution in [2.75, 3.05) is 37.7 Å². The van der Waals surface area contributed by atoms with Gasteiger partial charge in [0.2, 0.25) is 0 Å². The Bertz CT molecular complexity index is 921. The van der Waals surface area contributed by atoms with Crippen LogP contribution in [0.25, 0.3) is 0 Å². The Labute approximate surface area is 167 Å². The summed E-state index contributed by atoms with van der Waals surface area (Å²) in [6.07, 6.45) is 0.702. The van der Waals surface area contributed by atoms with Gasteiger partial charge in [-0.3, -0.25) is 9.59 Å². The van der Waals surface area contributed by atoms with Crippen LogP contribution in [0.15, 0.2) is 41.2 Å². The van der Waals surface area contributed by atoms with E-state index in [0.717, 1.165) is 5.69 Å². The first-order chi connectivity index (χ1) is 14.0. The number of carbonyl (C=O) groups excluding carboxylic acids is 2. The first kappa shape index (κ1) is 20.5. The number of hydrogen-bond donors (Lipinski definition) is 0. The summed E-state index contributed by atoms with van der Waals surface area (Å²) in [6, 6.07) is 8.78. The number of piperazine rings is 1. The molecule has 0 N–H and O–H groups in total. The number of anilines is 1. The minimum atomic E-state index is -0.742. The molecule has 0 spiro atoms. The van der Waals surface area contributed by atoms with Gasteiger partial charge in [-0.05, 0) is 36.8 Å². The summed E-state index contributed by atoms with van der Waals surface area (Å²) in [7, 11) is 0. The van der Waals surface area contributed by atoms with Crippen LogP contribution in [-0.2, 0) is 16.1 Å². The van der Waals surface area contributed by atoms with Gasteiger partial charge in [0, 0.05) is 44.5 Å². The van der Waals surface area contributed by atoms with Gasteiger partial charge in [-0.15, -0.1) is 0 Å². The maximum Gasteiger partial charge on any atom is 0.359 e.